The minimum absolute atomic E-state index is 0.0143. The van der Waals surface area contributed by atoms with Gasteiger partial charge in [0.15, 0.2) is 18.1 Å². The Morgan fingerprint density at radius 3 is 2.84 bits per heavy atom. The number of carbonyl (C=O) groups is 1. The van der Waals surface area contributed by atoms with E-state index in [0.29, 0.717) is 18.0 Å². The summed E-state index contributed by atoms with van der Waals surface area (Å²) in [7, 11) is 1.56. The minimum atomic E-state index is -0.0949. The molecule has 1 aliphatic heterocycles. The van der Waals surface area contributed by atoms with Crippen LogP contribution in [0.15, 0.2) is 24.3 Å². The molecule has 104 valence electrons. The number of likely N-dealkylation sites (tertiary alicyclic amines) is 1. The van der Waals surface area contributed by atoms with Gasteiger partial charge in [-0.1, -0.05) is 12.1 Å². The molecule has 1 aliphatic rings. The first-order valence-electron chi connectivity index (χ1n) is 6.42. The number of benzene rings is 1. The van der Waals surface area contributed by atoms with Crippen LogP contribution < -0.4 is 9.47 Å². The van der Waals surface area contributed by atoms with Crippen LogP contribution in [0.25, 0.3) is 0 Å². The molecule has 1 aromatic carbocycles. The van der Waals surface area contributed by atoms with Crippen molar-refractivity contribution in [1.82, 2.24) is 4.90 Å². The van der Waals surface area contributed by atoms with Crippen molar-refractivity contribution in [2.45, 2.75) is 18.9 Å². The van der Waals surface area contributed by atoms with E-state index in [1.807, 2.05) is 12.1 Å². The first-order valence-corrected chi connectivity index (χ1v) is 6.42. The van der Waals surface area contributed by atoms with Gasteiger partial charge < -0.3 is 19.5 Å². The molecule has 5 heteroatoms. The molecular weight excluding hydrogens is 246 g/mol. The van der Waals surface area contributed by atoms with Crippen LogP contribution in [0, 0.1) is 0 Å². The highest BCUT2D eigenvalue weighted by atomic mass is 16.5. The van der Waals surface area contributed by atoms with E-state index in [-0.39, 0.29) is 25.2 Å². The molecule has 1 aromatic rings. The molecule has 0 radical (unpaired) electrons. The number of methoxy groups -OCH3 is 1. The Morgan fingerprint density at radius 2 is 2.16 bits per heavy atom. The summed E-state index contributed by atoms with van der Waals surface area (Å²) in [5, 5.41) is 9.20. The number of rotatable bonds is 5. The third-order valence-corrected chi connectivity index (χ3v) is 3.33. The first-order chi connectivity index (χ1) is 9.26. The number of amides is 1. The lowest BCUT2D eigenvalue weighted by atomic mass is 10.2. The molecule has 1 fully saturated rings. The number of carbonyl (C=O) groups excluding carboxylic acids is 1. The van der Waals surface area contributed by atoms with Gasteiger partial charge in [0.1, 0.15) is 0 Å². The predicted molar refractivity (Wildman–Crippen MR) is 70.3 cm³/mol. The fraction of sp³-hybridized carbons (Fsp3) is 0.500. The van der Waals surface area contributed by atoms with Crippen molar-refractivity contribution < 1.29 is 19.4 Å². The second-order valence-electron chi connectivity index (χ2n) is 4.51. The average molecular weight is 265 g/mol. The van der Waals surface area contributed by atoms with Crippen LogP contribution in [0.3, 0.4) is 0 Å². The molecule has 5 nitrogen and oxygen atoms in total. The molecule has 1 atom stereocenters. The standard InChI is InChI=1S/C14H19NO4/c1-18-12-6-2-3-7-13(12)19-10-14(17)15-8-4-5-11(15)9-16/h2-3,6-7,11,16H,4-5,8-10H2,1H3/t11-/m1/s1. The van der Waals surface area contributed by atoms with Gasteiger partial charge in [-0.25, -0.2) is 0 Å². The van der Waals surface area contributed by atoms with Crippen LogP contribution in [0.2, 0.25) is 0 Å². The zero-order chi connectivity index (χ0) is 13.7. The Hall–Kier alpha value is -1.75. The van der Waals surface area contributed by atoms with Crippen LogP contribution in [0.5, 0.6) is 11.5 Å². The first kappa shape index (κ1) is 13.7. The quantitative estimate of drug-likeness (QED) is 0.864. The largest absolute Gasteiger partial charge is 0.493 e. The lowest BCUT2D eigenvalue weighted by Crippen LogP contribution is -2.40. The van der Waals surface area contributed by atoms with E-state index in [4.69, 9.17) is 9.47 Å². The van der Waals surface area contributed by atoms with E-state index in [1.165, 1.54) is 0 Å². The fourth-order valence-electron chi connectivity index (χ4n) is 2.31. The normalized spacial score (nSPS) is 18.4. The Labute approximate surface area is 112 Å². The van der Waals surface area contributed by atoms with Crippen molar-refractivity contribution in [3.8, 4) is 11.5 Å². The number of ether oxygens (including phenoxy) is 2. The summed E-state index contributed by atoms with van der Waals surface area (Å²) in [6.07, 6.45) is 1.79. The summed E-state index contributed by atoms with van der Waals surface area (Å²) < 4.78 is 10.7. The molecule has 2 rings (SSSR count). The zero-order valence-corrected chi connectivity index (χ0v) is 11.0. The maximum atomic E-state index is 12.0. The molecule has 19 heavy (non-hydrogen) atoms. The smallest absolute Gasteiger partial charge is 0.260 e. The number of para-hydroxylation sites is 2. The molecule has 0 spiro atoms. The van der Waals surface area contributed by atoms with Crippen LogP contribution >= 0.6 is 0 Å². The van der Waals surface area contributed by atoms with E-state index in [1.54, 1.807) is 24.1 Å². The molecule has 0 unspecified atom stereocenters. The molecular formula is C14H19NO4. The monoisotopic (exact) mass is 265 g/mol. The third kappa shape index (κ3) is 3.17. The van der Waals surface area contributed by atoms with Crippen molar-refractivity contribution in [3.05, 3.63) is 24.3 Å². The van der Waals surface area contributed by atoms with Crippen LogP contribution in [0.4, 0.5) is 0 Å². The number of hydrogen-bond acceptors (Lipinski definition) is 4. The van der Waals surface area contributed by atoms with Crippen molar-refractivity contribution in [2.75, 3.05) is 26.9 Å². The van der Waals surface area contributed by atoms with Gasteiger partial charge in [-0.3, -0.25) is 4.79 Å². The number of nitrogens with zero attached hydrogens (tertiary/aromatic N) is 1. The summed E-state index contributed by atoms with van der Waals surface area (Å²) in [5.74, 6) is 1.07. The lowest BCUT2D eigenvalue weighted by molar-refractivity contribution is -0.134. The summed E-state index contributed by atoms with van der Waals surface area (Å²) in [4.78, 5) is 13.7. The van der Waals surface area contributed by atoms with Gasteiger partial charge in [-0.05, 0) is 25.0 Å². The molecule has 1 N–H and O–H groups in total. The van der Waals surface area contributed by atoms with Crippen LogP contribution in [-0.4, -0.2) is 48.8 Å². The Morgan fingerprint density at radius 1 is 1.42 bits per heavy atom. The molecule has 0 aliphatic carbocycles. The third-order valence-electron chi connectivity index (χ3n) is 3.33. The minimum Gasteiger partial charge on any atom is -0.493 e. The van der Waals surface area contributed by atoms with E-state index in [9.17, 15) is 9.90 Å². The maximum absolute atomic E-state index is 12.0. The maximum Gasteiger partial charge on any atom is 0.260 e. The van der Waals surface area contributed by atoms with Crippen molar-refractivity contribution >= 4 is 5.91 Å². The molecule has 1 saturated heterocycles. The zero-order valence-electron chi connectivity index (χ0n) is 11.0. The highest BCUT2D eigenvalue weighted by Crippen LogP contribution is 2.26. The Bertz CT molecular complexity index is 435. The molecule has 0 bridgehead atoms. The van der Waals surface area contributed by atoms with E-state index in [0.717, 1.165) is 12.8 Å². The summed E-state index contributed by atoms with van der Waals surface area (Å²) in [5.41, 5.74) is 0. The lowest BCUT2D eigenvalue weighted by Gasteiger charge is -2.23. The van der Waals surface area contributed by atoms with Crippen LogP contribution in [0.1, 0.15) is 12.8 Å². The van der Waals surface area contributed by atoms with Gasteiger partial charge in [0, 0.05) is 6.54 Å². The second-order valence-corrected chi connectivity index (χ2v) is 4.51. The second kappa shape index (κ2) is 6.43. The predicted octanol–water partition coefficient (Wildman–Crippen LogP) is 1.06. The van der Waals surface area contributed by atoms with Crippen LogP contribution in [-0.2, 0) is 4.79 Å². The van der Waals surface area contributed by atoms with Gasteiger partial charge in [-0.2, -0.15) is 0 Å². The summed E-state index contributed by atoms with van der Waals surface area (Å²) in [6, 6.07) is 7.16. The Kier molecular flexibility index (Phi) is 4.63. The number of aliphatic hydroxyl groups excluding tert-OH is 1. The molecule has 1 amide bonds. The van der Waals surface area contributed by atoms with Gasteiger partial charge in [0.05, 0.1) is 19.8 Å². The topological polar surface area (TPSA) is 59.0 Å². The SMILES string of the molecule is COc1ccccc1OCC(=O)N1CCC[C@@H]1CO. The van der Waals surface area contributed by atoms with Gasteiger partial charge in [0.25, 0.3) is 5.91 Å². The molecule has 0 aromatic heterocycles. The molecule has 0 saturated carbocycles. The van der Waals surface area contributed by atoms with Crippen molar-refractivity contribution in [3.63, 3.8) is 0 Å². The molecule has 1 heterocycles. The highest BCUT2D eigenvalue weighted by Gasteiger charge is 2.28. The van der Waals surface area contributed by atoms with Gasteiger partial charge in [0.2, 0.25) is 0 Å². The van der Waals surface area contributed by atoms with Crippen molar-refractivity contribution in [2.24, 2.45) is 0 Å². The van der Waals surface area contributed by atoms with E-state index < -0.39 is 0 Å². The van der Waals surface area contributed by atoms with E-state index >= 15 is 0 Å². The van der Waals surface area contributed by atoms with Gasteiger partial charge in [-0.15, -0.1) is 0 Å². The van der Waals surface area contributed by atoms with E-state index in [2.05, 4.69) is 0 Å². The van der Waals surface area contributed by atoms with Crippen molar-refractivity contribution in [1.29, 1.82) is 0 Å². The number of aliphatic hydroxyl groups is 1. The van der Waals surface area contributed by atoms with Gasteiger partial charge >= 0.3 is 0 Å². The average Bonchev–Trinajstić information content (AvgIpc) is 2.93. The highest BCUT2D eigenvalue weighted by molar-refractivity contribution is 5.78. The summed E-state index contributed by atoms with van der Waals surface area (Å²) >= 11 is 0. The number of hydrogen-bond donors (Lipinski definition) is 1. The summed E-state index contributed by atoms with van der Waals surface area (Å²) in [6.45, 7) is 0.677. The fourth-order valence-corrected chi connectivity index (χ4v) is 2.31. The Balaban J connectivity index is 1.93.